The molecule has 0 spiro atoms. The molecule has 1 atom stereocenters. The summed E-state index contributed by atoms with van der Waals surface area (Å²) in [6, 6.07) is 5.95. The minimum absolute atomic E-state index is 0.0303. The lowest BCUT2D eigenvalue weighted by Crippen LogP contribution is -2.44. The summed E-state index contributed by atoms with van der Waals surface area (Å²) in [5.41, 5.74) is 5.93. The topological polar surface area (TPSA) is 109 Å². The fourth-order valence-corrected chi connectivity index (χ4v) is 4.53. The van der Waals surface area contributed by atoms with Gasteiger partial charge in [0.05, 0.1) is 19.8 Å². The Hall–Kier alpha value is -3.07. The number of carbonyl (C=O) groups is 1. The van der Waals surface area contributed by atoms with Gasteiger partial charge in [-0.05, 0) is 43.5 Å². The molecule has 172 valence electrons. The van der Waals surface area contributed by atoms with E-state index in [1.165, 1.54) is 11.6 Å². The Morgan fingerprint density at radius 2 is 1.91 bits per heavy atom. The van der Waals surface area contributed by atoms with Gasteiger partial charge in [0.1, 0.15) is 11.4 Å². The third-order valence-corrected chi connectivity index (χ3v) is 6.18. The van der Waals surface area contributed by atoms with E-state index in [1.807, 2.05) is 25.1 Å². The van der Waals surface area contributed by atoms with Crippen molar-refractivity contribution in [3.63, 3.8) is 0 Å². The van der Waals surface area contributed by atoms with Gasteiger partial charge >= 0.3 is 5.69 Å². The highest BCUT2D eigenvalue weighted by Gasteiger charge is 2.31. The quantitative estimate of drug-likeness (QED) is 0.679. The zero-order chi connectivity index (χ0) is 22.8. The summed E-state index contributed by atoms with van der Waals surface area (Å²) >= 11 is 0. The van der Waals surface area contributed by atoms with Crippen LogP contribution in [0.3, 0.4) is 0 Å². The van der Waals surface area contributed by atoms with E-state index >= 15 is 0 Å². The van der Waals surface area contributed by atoms with Crippen LogP contribution in [0.1, 0.15) is 54.6 Å². The molecule has 0 amide bonds. The van der Waals surface area contributed by atoms with Crippen molar-refractivity contribution in [2.75, 3.05) is 32.0 Å². The Kier molecular flexibility index (Phi) is 6.36. The molecule has 32 heavy (non-hydrogen) atoms. The molecule has 2 aliphatic heterocycles. The molecule has 1 aromatic heterocycles. The number of ether oxygens (including phenoxy) is 2. The number of nitrogens with zero attached hydrogens (tertiary/aromatic N) is 3. The lowest BCUT2D eigenvalue weighted by Gasteiger charge is -2.25. The minimum atomic E-state index is -0.642. The summed E-state index contributed by atoms with van der Waals surface area (Å²) in [6.07, 6.45) is 3.34. The second-order valence-electron chi connectivity index (χ2n) is 8.37. The van der Waals surface area contributed by atoms with Gasteiger partial charge < -0.3 is 15.2 Å². The number of hydrogen-bond acceptors (Lipinski definition) is 7. The highest BCUT2D eigenvalue weighted by molar-refractivity contribution is 6.01. The van der Waals surface area contributed by atoms with Crippen LogP contribution in [0.4, 0.5) is 5.82 Å². The summed E-state index contributed by atoms with van der Waals surface area (Å²) in [5, 5.41) is 0. The molecule has 1 aromatic carbocycles. The predicted octanol–water partition coefficient (Wildman–Crippen LogP) is 1.72. The van der Waals surface area contributed by atoms with E-state index in [0.717, 1.165) is 47.4 Å². The van der Waals surface area contributed by atoms with Gasteiger partial charge in [0.25, 0.3) is 5.56 Å². The average Bonchev–Trinajstić information content (AvgIpc) is 3.10. The molecule has 1 fully saturated rings. The first-order valence-corrected chi connectivity index (χ1v) is 11.2. The second-order valence-corrected chi connectivity index (χ2v) is 8.37. The molecule has 3 heterocycles. The molecule has 9 nitrogen and oxygen atoms in total. The van der Waals surface area contributed by atoms with Gasteiger partial charge in [0, 0.05) is 26.1 Å². The Morgan fingerprint density at radius 3 is 2.66 bits per heavy atom. The van der Waals surface area contributed by atoms with Crippen molar-refractivity contribution in [2.24, 2.45) is 7.05 Å². The van der Waals surface area contributed by atoms with Crippen LogP contribution in [0, 0.1) is 0 Å². The number of Topliss-reactive ketones (excluding diaryl/α,β-unsaturated/α-hetero) is 1. The SMILES string of the molecule is CCCn1c(N)c(C(=O)CN2CCCC2c2ccc3c(c2)OCCCO3)c(=O)n(C)c1=O. The number of ketones is 1. The number of rotatable bonds is 6. The summed E-state index contributed by atoms with van der Waals surface area (Å²) in [5.74, 6) is 1.05. The van der Waals surface area contributed by atoms with Crippen molar-refractivity contribution in [2.45, 2.75) is 45.2 Å². The lowest BCUT2D eigenvalue weighted by atomic mass is 10.0. The molecule has 9 heteroatoms. The first-order chi connectivity index (χ1) is 15.4. The van der Waals surface area contributed by atoms with E-state index in [0.29, 0.717) is 26.2 Å². The number of carbonyl (C=O) groups excluding carboxylic acids is 1. The van der Waals surface area contributed by atoms with E-state index in [2.05, 4.69) is 4.90 Å². The van der Waals surface area contributed by atoms with Gasteiger partial charge in [-0.15, -0.1) is 0 Å². The van der Waals surface area contributed by atoms with Crippen LogP contribution >= 0.6 is 0 Å². The van der Waals surface area contributed by atoms with Gasteiger partial charge in [-0.1, -0.05) is 13.0 Å². The average molecular weight is 443 g/mol. The summed E-state index contributed by atoms with van der Waals surface area (Å²) in [7, 11) is 1.38. The van der Waals surface area contributed by atoms with Gasteiger partial charge in [-0.2, -0.15) is 0 Å². The maximum atomic E-state index is 13.2. The molecule has 0 saturated carbocycles. The van der Waals surface area contributed by atoms with Crippen LogP contribution in [0.25, 0.3) is 0 Å². The zero-order valence-electron chi connectivity index (χ0n) is 18.6. The smallest absolute Gasteiger partial charge is 0.332 e. The van der Waals surface area contributed by atoms with E-state index in [-0.39, 0.29) is 29.8 Å². The Balaban J connectivity index is 1.61. The van der Waals surface area contributed by atoms with Crippen LogP contribution < -0.4 is 26.5 Å². The monoisotopic (exact) mass is 442 g/mol. The molecular weight excluding hydrogens is 412 g/mol. The van der Waals surface area contributed by atoms with Gasteiger partial charge in [0.15, 0.2) is 17.3 Å². The van der Waals surface area contributed by atoms with Crippen molar-refractivity contribution in [3.05, 3.63) is 50.2 Å². The number of likely N-dealkylation sites (tertiary alicyclic amines) is 1. The molecule has 1 saturated heterocycles. The highest BCUT2D eigenvalue weighted by Crippen LogP contribution is 2.37. The number of nitrogen functional groups attached to an aromatic ring is 1. The van der Waals surface area contributed by atoms with Gasteiger partial charge in [-0.25, -0.2) is 4.79 Å². The minimum Gasteiger partial charge on any atom is -0.490 e. The molecule has 1 unspecified atom stereocenters. The molecule has 2 N–H and O–H groups in total. The molecule has 0 aliphatic carbocycles. The second kappa shape index (κ2) is 9.20. The highest BCUT2D eigenvalue weighted by atomic mass is 16.5. The summed E-state index contributed by atoms with van der Waals surface area (Å²) in [4.78, 5) is 40.4. The Morgan fingerprint density at radius 1 is 1.16 bits per heavy atom. The Labute approximate surface area is 186 Å². The van der Waals surface area contributed by atoms with Crippen molar-refractivity contribution >= 4 is 11.6 Å². The number of aromatic nitrogens is 2. The van der Waals surface area contributed by atoms with Crippen LogP contribution in [0.5, 0.6) is 11.5 Å². The first kappa shape index (κ1) is 22.1. The number of nitrogens with two attached hydrogens (primary N) is 1. The van der Waals surface area contributed by atoms with Crippen LogP contribution in [-0.4, -0.2) is 46.1 Å². The number of fused-ring (bicyclic) bond motifs is 1. The molecule has 0 radical (unpaired) electrons. The number of benzene rings is 1. The van der Waals surface area contributed by atoms with Crippen molar-refractivity contribution in [1.82, 2.24) is 14.0 Å². The largest absolute Gasteiger partial charge is 0.490 e. The lowest BCUT2D eigenvalue weighted by molar-refractivity contribution is 0.0919. The third kappa shape index (κ3) is 4.04. The zero-order valence-corrected chi connectivity index (χ0v) is 18.6. The van der Waals surface area contributed by atoms with Crippen LogP contribution in [0.15, 0.2) is 27.8 Å². The normalized spacial score (nSPS) is 18.5. The molecule has 2 aliphatic rings. The van der Waals surface area contributed by atoms with E-state index < -0.39 is 11.2 Å². The predicted molar refractivity (Wildman–Crippen MR) is 121 cm³/mol. The van der Waals surface area contributed by atoms with Gasteiger partial charge in [0.2, 0.25) is 0 Å². The van der Waals surface area contributed by atoms with Crippen LogP contribution in [-0.2, 0) is 13.6 Å². The third-order valence-electron chi connectivity index (χ3n) is 6.18. The van der Waals surface area contributed by atoms with Crippen molar-refractivity contribution in [3.8, 4) is 11.5 Å². The molecule has 4 rings (SSSR count). The first-order valence-electron chi connectivity index (χ1n) is 11.2. The van der Waals surface area contributed by atoms with Crippen molar-refractivity contribution < 1.29 is 14.3 Å². The van der Waals surface area contributed by atoms with Crippen LogP contribution in [0.2, 0.25) is 0 Å². The maximum Gasteiger partial charge on any atom is 0.332 e. The number of anilines is 1. The summed E-state index contributed by atoms with van der Waals surface area (Å²) < 4.78 is 13.8. The molecular formula is C23H30N4O5. The standard InChI is InChI=1S/C23H30N4O5/c1-3-9-27-21(24)20(22(29)25(2)23(27)30)17(28)14-26-10-4-6-16(26)15-7-8-18-19(13-15)32-12-5-11-31-18/h7-8,13,16H,3-6,9-12,14,24H2,1-2H3. The fraction of sp³-hybridized carbons (Fsp3) is 0.522. The van der Waals surface area contributed by atoms with E-state index in [9.17, 15) is 14.4 Å². The molecule has 2 aromatic rings. The maximum absolute atomic E-state index is 13.2. The molecule has 0 bridgehead atoms. The van der Waals surface area contributed by atoms with Crippen molar-refractivity contribution in [1.29, 1.82) is 0 Å². The fourth-order valence-electron chi connectivity index (χ4n) is 4.53. The number of hydrogen-bond donors (Lipinski definition) is 1. The van der Waals surface area contributed by atoms with E-state index in [1.54, 1.807) is 0 Å². The van der Waals surface area contributed by atoms with E-state index in [4.69, 9.17) is 15.2 Å². The van der Waals surface area contributed by atoms with Gasteiger partial charge in [-0.3, -0.25) is 23.6 Å². The summed E-state index contributed by atoms with van der Waals surface area (Å²) in [6.45, 7) is 4.29. The Bertz CT molecular complexity index is 1140.